The zero-order chi connectivity index (χ0) is 23.3. The molecule has 0 aliphatic carbocycles. The van der Waals surface area contributed by atoms with E-state index >= 15 is 0 Å². The van der Waals surface area contributed by atoms with Gasteiger partial charge in [-0.2, -0.15) is 0 Å². The monoisotopic (exact) mass is 442 g/mol. The number of hydrogen-bond donors (Lipinski definition) is 3. The number of halogens is 1. The fourth-order valence-electron chi connectivity index (χ4n) is 3.68. The first-order chi connectivity index (χ1) is 15.3. The van der Waals surface area contributed by atoms with Crippen LogP contribution in [0.25, 0.3) is 0 Å². The topological polar surface area (TPSA) is 114 Å². The zero-order valence-electron chi connectivity index (χ0n) is 18.1. The van der Waals surface area contributed by atoms with Gasteiger partial charge in [0.15, 0.2) is 0 Å². The number of ether oxygens (including phenoxy) is 1. The van der Waals surface area contributed by atoms with Crippen LogP contribution in [0.3, 0.4) is 0 Å². The van der Waals surface area contributed by atoms with Crippen LogP contribution in [-0.4, -0.2) is 49.6 Å². The number of benzene rings is 2. The van der Waals surface area contributed by atoms with Crippen molar-refractivity contribution in [1.82, 2.24) is 5.32 Å². The van der Waals surface area contributed by atoms with E-state index in [1.54, 1.807) is 18.2 Å². The van der Waals surface area contributed by atoms with Crippen molar-refractivity contribution in [3.63, 3.8) is 0 Å². The van der Waals surface area contributed by atoms with Gasteiger partial charge in [0.1, 0.15) is 5.82 Å². The molecular formula is C23H27FN4O4. The molecule has 8 nitrogen and oxygen atoms in total. The van der Waals surface area contributed by atoms with Gasteiger partial charge >= 0.3 is 0 Å². The van der Waals surface area contributed by atoms with Crippen molar-refractivity contribution in [1.29, 1.82) is 0 Å². The van der Waals surface area contributed by atoms with Gasteiger partial charge in [-0.3, -0.25) is 14.4 Å². The van der Waals surface area contributed by atoms with Crippen LogP contribution in [0.2, 0.25) is 0 Å². The smallest absolute Gasteiger partial charge is 0.255 e. The summed E-state index contributed by atoms with van der Waals surface area (Å²) in [4.78, 5) is 38.4. The van der Waals surface area contributed by atoms with Gasteiger partial charge < -0.3 is 26.0 Å². The molecule has 1 fully saturated rings. The highest BCUT2D eigenvalue weighted by molar-refractivity contribution is 6.07. The molecule has 1 saturated heterocycles. The SMILES string of the molecule is CC1COCC(C)N1c1ccc(C(=O)NCCC(N)=O)cc1NC(=O)c1ccc(F)cc1. The minimum atomic E-state index is -0.511. The Morgan fingerprint density at radius 3 is 2.28 bits per heavy atom. The first-order valence-corrected chi connectivity index (χ1v) is 10.4. The van der Waals surface area contributed by atoms with Gasteiger partial charge in [-0.1, -0.05) is 0 Å². The number of nitrogens with two attached hydrogens (primary N) is 1. The molecule has 3 amide bonds. The summed E-state index contributed by atoms with van der Waals surface area (Å²) in [6.45, 7) is 5.22. The van der Waals surface area contributed by atoms with Crippen LogP contribution in [0.4, 0.5) is 15.8 Å². The molecule has 0 radical (unpaired) electrons. The summed E-state index contributed by atoms with van der Waals surface area (Å²) >= 11 is 0. The number of nitrogens with zero attached hydrogens (tertiary/aromatic N) is 1. The molecule has 3 rings (SSSR count). The highest BCUT2D eigenvalue weighted by atomic mass is 19.1. The third-order valence-electron chi connectivity index (χ3n) is 5.22. The second kappa shape index (κ2) is 10.2. The molecular weight excluding hydrogens is 415 g/mol. The van der Waals surface area contributed by atoms with Gasteiger partial charge in [0, 0.05) is 36.2 Å². The van der Waals surface area contributed by atoms with Crippen molar-refractivity contribution in [3.8, 4) is 0 Å². The molecule has 2 atom stereocenters. The van der Waals surface area contributed by atoms with E-state index < -0.39 is 23.5 Å². The number of morpholine rings is 1. The number of nitrogens with one attached hydrogen (secondary N) is 2. The number of amides is 3. The summed E-state index contributed by atoms with van der Waals surface area (Å²) in [5.41, 5.74) is 6.92. The quantitative estimate of drug-likeness (QED) is 0.609. The predicted octanol–water partition coefficient (Wildman–Crippen LogP) is 2.30. The van der Waals surface area contributed by atoms with E-state index in [0.717, 1.165) is 5.69 Å². The van der Waals surface area contributed by atoms with Crippen LogP contribution in [0.1, 0.15) is 41.0 Å². The first kappa shape index (κ1) is 23.2. The van der Waals surface area contributed by atoms with Gasteiger partial charge in [0.2, 0.25) is 5.91 Å². The molecule has 170 valence electrons. The Hall–Kier alpha value is -3.46. The molecule has 1 aliphatic rings. The average Bonchev–Trinajstić information content (AvgIpc) is 2.74. The van der Waals surface area contributed by atoms with Crippen LogP contribution < -0.4 is 21.3 Å². The molecule has 2 aromatic carbocycles. The lowest BCUT2D eigenvalue weighted by Crippen LogP contribution is -2.50. The Bertz CT molecular complexity index is 986. The summed E-state index contributed by atoms with van der Waals surface area (Å²) in [6, 6.07) is 10.3. The van der Waals surface area contributed by atoms with Crippen LogP contribution in [-0.2, 0) is 9.53 Å². The van der Waals surface area contributed by atoms with Gasteiger partial charge in [-0.05, 0) is 56.3 Å². The van der Waals surface area contributed by atoms with Gasteiger partial charge in [-0.25, -0.2) is 4.39 Å². The molecule has 1 heterocycles. The van der Waals surface area contributed by atoms with Crippen molar-refractivity contribution in [2.75, 3.05) is 30.0 Å². The second-order valence-corrected chi connectivity index (χ2v) is 7.81. The lowest BCUT2D eigenvalue weighted by Gasteiger charge is -2.41. The average molecular weight is 442 g/mol. The summed E-state index contributed by atoms with van der Waals surface area (Å²) < 4.78 is 18.8. The minimum absolute atomic E-state index is 0.0286. The standard InChI is InChI=1S/C23H27FN4O4/c1-14-12-32-13-15(2)28(14)20-8-5-17(22(30)26-10-9-21(25)29)11-19(20)27-23(31)16-3-6-18(24)7-4-16/h3-8,11,14-15H,9-10,12-13H2,1-2H3,(H2,25,29)(H,26,30)(H,27,31). The van der Waals surface area contributed by atoms with E-state index in [2.05, 4.69) is 15.5 Å². The molecule has 2 unspecified atom stereocenters. The fourth-order valence-corrected chi connectivity index (χ4v) is 3.68. The highest BCUT2D eigenvalue weighted by Gasteiger charge is 2.28. The molecule has 9 heteroatoms. The van der Waals surface area contributed by atoms with E-state index in [4.69, 9.17) is 10.5 Å². The summed E-state index contributed by atoms with van der Waals surface area (Å²) in [5, 5.41) is 5.49. The molecule has 0 aromatic heterocycles. The van der Waals surface area contributed by atoms with Gasteiger partial charge in [-0.15, -0.1) is 0 Å². The second-order valence-electron chi connectivity index (χ2n) is 7.81. The number of rotatable bonds is 7. The normalized spacial score (nSPS) is 18.2. The van der Waals surface area contributed by atoms with Gasteiger partial charge in [0.25, 0.3) is 11.8 Å². The zero-order valence-corrected chi connectivity index (χ0v) is 18.1. The maximum absolute atomic E-state index is 13.2. The third kappa shape index (κ3) is 5.61. The Morgan fingerprint density at radius 1 is 1.03 bits per heavy atom. The fraction of sp³-hybridized carbons (Fsp3) is 0.348. The van der Waals surface area contributed by atoms with E-state index in [1.807, 2.05) is 13.8 Å². The maximum atomic E-state index is 13.2. The van der Waals surface area contributed by atoms with E-state index in [9.17, 15) is 18.8 Å². The number of hydrogen-bond acceptors (Lipinski definition) is 5. The molecule has 2 aromatic rings. The number of primary amides is 1. The Morgan fingerprint density at radius 2 is 1.66 bits per heavy atom. The summed E-state index contributed by atoms with van der Waals surface area (Å²) in [7, 11) is 0. The largest absolute Gasteiger partial charge is 0.377 e. The van der Waals surface area contributed by atoms with Gasteiger partial charge in [0.05, 0.1) is 24.6 Å². The Labute approximate surface area is 185 Å². The van der Waals surface area contributed by atoms with Crippen LogP contribution >= 0.6 is 0 Å². The van der Waals surface area contributed by atoms with E-state index in [1.165, 1.54) is 24.3 Å². The van der Waals surface area contributed by atoms with Crippen molar-refractivity contribution in [2.45, 2.75) is 32.4 Å². The van der Waals surface area contributed by atoms with Crippen LogP contribution in [0.5, 0.6) is 0 Å². The Balaban J connectivity index is 1.91. The Kier molecular flexibility index (Phi) is 7.42. The highest BCUT2D eigenvalue weighted by Crippen LogP contribution is 2.32. The summed E-state index contributed by atoms with van der Waals surface area (Å²) in [5.74, 6) is -1.76. The van der Waals surface area contributed by atoms with Crippen molar-refractivity contribution in [3.05, 3.63) is 59.4 Å². The maximum Gasteiger partial charge on any atom is 0.255 e. The minimum Gasteiger partial charge on any atom is -0.377 e. The number of anilines is 2. The molecule has 1 aliphatic heterocycles. The molecule has 0 bridgehead atoms. The number of carbonyl (C=O) groups excluding carboxylic acids is 3. The van der Waals surface area contributed by atoms with Crippen LogP contribution in [0, 0.1) is 5.82 Å². The van der Waals surface area contributed by atoms with Crippen molar-refractivity contribution in [2.24, 2.45) is 5.73 Å². The molecule has 0 saturated carbocycles. The number of carbonyl (C=O) groups is 3. The van der Waals surface area contributed by atoms with Crippen LogP contribution in [0.15, 0.2) is 42.5 Å². The lowest BCUT2D eigenvalue weighted by molar-refractivity contribution is -0.117. The summed E-state index contributed by atoms with van der Waals surface area (Å²) in [6.07, 6.45) is 0.0286. The molecule has 32 heavy (non-hydrogen) atoms. The van der Waals surface area contributed by atoms with Crippen molar-refractivity contribution < 1.29 is 23.5 Å². The lowest BCUT2D eigenvalue weighted by atomic mass is 10.1. The van der Waals surface area contributed by atoms with Crippen molar-refractivity contribution >= 4 is 29.1 Å². The first-order valence-electron chi connectivity index (χ1n) is 10.4. The van der Waals surface area contributed by atoms with E-state index in [0.29, 0.717) is 24.5 Å². The van der Waals surface area contributed by atoms with E-state index in [-0.39, 0.29) is 30.6 Å². The predicted molar refractivity (Wildman–Crippen MR) is 119 cm³/mol. The molecule has 4 N–H and O–H groups in total. The molecule has 0 spiro atoms. The third-order valence-corrected chi connectivity index (χ3v) is 5.22.